The first kappa shape index (κ1) is 21.4. The standard InChI is InChI=1S/C24H28N6O3/c31-20-7-5-18(6-8-20)25-24(33)17-9-12-28(15-17)16-23(32)29-13-10-19(11-14-29)30-22-4-2-1-3-21(22)26-27-30/h1-8,17,19,31H,9-16H2,(H,25,33). The van der Waals surface area contributed by atoms with Gasteiger partial charge in [0.1, 0.15) is 11.3 Å². The van der Waals surface area contributed by atoms with Crippen LogP contribution < -0.4 is 5.32 Å². The maximum absolute atomic E-state index is 12.9. The molecule has 2 saturated heterocycles. The maximum atomic E-state index is 12.9. The van der Waals surface area contributed by atoms with E-state index in [1.165, 1.54) is 0 Å². The number of aromatic nitrogens is 3. The van der Waals surface area contributed by atoms with Crippen LogP contribution in [0.25, 0.3) is 11.0 Å². The fourth-order valence-corrected chi connectivity index (χ4v) is 4.79. The summed E-state index contributed by atoms with van der Waals surface area (Å²) < 4.78 is 1.99. The van der Waals surface area contributed by atoms with Crippen LogP contribution in [-0.4, -0.2) is 74.4 Å². The SMILES string of the molecule is O=C(Nc1ccc(O)cc1)C1CCN(CC(=O)N2CCC(n3nnc4ccccc43)CC2)C1. The van der Waals surface area contributed by atoms with Gasteiger partial charge in [0.15, 0.2) is 0 Å². The van der Waals surface area contributed by atoms with Gasteiger partial charge in [-0.2, -0.15) is 0 Å². The van der Waals surface area contributed by atoms with Gasteiger partial charge in [-0.25, -0.2) is 4.68 Å². The van der Waals surface area contributed by atoms with E-state index in [1.807, 2.05) is 33.8 Å². The number of rotatable bonds is 5. The molecule has 9 nitrogen and oxygen atoms in total. The predicted molar refractivity (Wildman–Crippen MR) is 124 cm³/mol. The van der Waals surface area contributed by atoms with E-state index in [9.17, 15) is 14.7 Å². The number of phenolic OH excluding ortho intramolecular Hbond substituents is 1. The lowest BCUT2D eigenvalue weighted by atomic mass is 10.0. The molecular weight excluding hydrogens is 420 g/mol. The van der Waals surface area contributed by atoms with Crippen molar-refractivity contribution in [3.05, 3.63) is 48.5 Å². The van der Waals surface area contributed by atoms with E-state index < -0.39 is 0 Å². The van der Waals surface area contributed by atoms with Gasteiger partial charge in [0.25, 0.3) is 0 Å². The van der Waals surface area contributed by atoms with E-state index in [4.69, 9.17) is 0 Å². The van der Waals surface area contributed by atoms with Crippen LogP contribution in [-0.2, 0) is 9.59 Å². The lowest BCUT2D eigenvalue weighted by Crippen LogP contribution is -2.44. The van der Waals surface area contributed by atoms with E-state index in [0.717, 1.165) is 36.8 Å². The second kappa shape index (κ2) is 9.19. The number of aromatic hydroxyl groups is 1. The van der Waals surface area contributed by atoms with Crippen molar-refractivity contribution in [2.75, 3.05) is 38.0 Å². The van der Waals surface area contributed by atoms with Gasteiger partial charge in [-0.05, 0) is 62.2 Å². The molecule has 0 spiro atoms. The fourth-order valence-electron chi connectivity index (χ4n) is 4.79. The number of piperidine rings is 1. The number of fused-ring (bicyclic) bond motifs is 1. The molecule has 0 radical (unpaired) electrons. The van der Waals surface area contributed by atoms with Crippen molar-refractivity contribution in [2.24, 2.45) is 5.92 Å². The fraction of sp³-hybridized carbons (Fsp3) is 0.417. The average Bonchev–Trinajstić information content (AvgIpc) is 3.48. The van der Waals surface area contributed by atoms with Gasteiger partial charge in [-0.3, -0.25) is 14.5 Å². The topological polar surface area (TPSA) is 104 Å². The zero-order valence-electron chi connectivity index (χ0n) is 18.4. The van der Waals surface area contributed by atoms with E-state index in [0.29, 0.717) is 31.9 Å². The van der Waals surface area contributed by atoms with Crippen LogP contribution in [0.5, 0.6) is 5.75 Å². The molecule has 2 aliphatic heterocycles. The molecule has 5 rings (SSSR count). The Hall–Kier alpha value is -3.46. The number of hydrogen-bond acceptors (Lipinski definition) is 6. The number of para-hydroxylation sites is 1. The molecule has 2 fully saturated rings. The molecule has 0 saturated carbocycles. The lowest BCUT2D eigenvalue weighted by molar-refractivity contribution is -0.133. The van der Waals surface area contributed by atoms with Crippen molar-refractivity contribution in [1.82, 2.24) is 24.8 Å². The smallest absolute Gasteiger partial charge is 0.236 e. The molecule has 1 atom stereocenters. The van der Waals surface area contributed by atoms with Gasteiger partial charge in [0, 0.05) is 25.3 Å². The third-order valence-corrected chi connectivity index (χ3v) is 6.68. The maximum Gasteiger partial charge on any atom is 0.236 e. The van der Waals surface area contributed by atoms with Gasteiger partial charge >= 0.3 is 0 Å². The minimum Gasteiger partial charge on any atom is -0.508 e. The number of anilines is 1. The molecule has 33 heavy (non-hydrogen) atoms. The Morgan fingerprint density at radius 3 is 2.55 bits per heavy atom. The molecule has 9 heteroatoms. The molecule has 1 aromatic heterocycles. The highest BCUT2D eigenvalue weighted by atomic mass is 16.3. The molecule has 2 aliphatic rings. The Balaban J connectivity index is 1.10. The van der Waals surface area contributed by atoms with E-state index >= 15 is 0 Å². The second-order valence-corrected chi connectivity index (χ2v) is 8.89. The van der Waals surface area contributed by atoms with E-state index in [2.05, 4.69) is 20.5 Å². The van der Waals surface area contributed by atoms with Crippen molar-refractivity contribution in [2.45, 2.75) is 25.3 Å². The molecule has 0 bridgehead atoms. The van der Waals surface area contributed by atoms with Crippen LogP contribution >= 0.6 is 0 Å². The minimum atomic E-state index is -0.141. The van der Waals surface area contributed by atoms with Gasteiger partial charge in [-0.15, -0.1) is 5.10 Å². The Labute approximate surface area is 192 Å². The summed E-state index contributed by atoms with van der Waals surface area (Å²) >= 11 is 0. The molecule has 172 valence electrons. The summed E-state index contributed by atoms with van der Waals surface area (Å²) in [4.78, 5) is 29.4. The summed E-state index contributed by atoms with van der Waals surface area (Å²) in [5, 5.41) is 20.9. The summed E-state index contributed by atoms with van der Waals surface area (Å²) in [6.07, 6.45) is 2.45. The Bertz CT molecular complexity index is 1140. The summed E-state index contributed by atoms with van der Waals surface area (Å²) in [6.45, 7) is 3.07. The van der Waals surface area contributed by atoms with Gasteiger partial charge in [0.2, 0.25) is 11.8 Å². The lowest BCUT2D eigenvalue weighted by Gasteiger charge is -2.33. The van der Waals surface area contributed by atoms with Crippen LogP contribution in [0.1, 0.15) is 25.3 Å². The summed E-state index contributed by atoms with van der Waals surface area (Å²) in [6, 6.07) is 14.6. The molecule has 0 aliphatic carbocycles. The number of phenols is 1. The van der Waals surface area contributed by atoms with E-state index in [-0.39, 0.29) is 29.5 Å². The highest BCUT2D eigenvalue weighted by molar-refractivity contribution is 5.93. The molecule has 2 amide bonds. The molecule has 3 aromatic rings. The number of carbonyl (C=O) groups is 2. The third kappa shape index (κ3) is 4.68. The zero-order valence-corrected chi connectivity index (χ0v) is 18.4. The number of hydrogen-bond donors (Lipinski definition) is 2. The van der Waals surface area contributed by atoms with Crippen molar-refractivity contribution in [1.29, 1.82) is 0 Å². The first-order valence-corrected chi connectivity index (χ1v) is 11.5. The number of likely N-dealkylation sites (tertiary alicyclic amines) is 2. The number of nitrogens with one attached hydrogen (secondary N) is 1. The van der Waals surface area contributed by atoms with Crippen LogP contribution in [0, 0.1) is 5.92 Å². The molecule has 2 N–H and O–H groups in total. The first-order valence-electron chi connectivity index (χ1n) is 11.5. The normalized spacial score (nSPS) is 19.8. The van der Waals surface area contributed by atoms with Gasteiger partial charge in [0.05, 0.1) is 24.0 Å². The highest BCUT2D eigenvalue weighted by Gasteiger charge is 2.31. The zero-order chi connectivity index (χ0) is 22.8. The monoisotopic (exact) mass is 448 g/mol. The summed E-state index contributed by atoms with van der Waals surface area (Å²) in [7, 11) is 0. The molecule has 1 unspecified atom stereocenters. The molecular formula is C24H28N6O3. The summed E-state index contributed by atoms with van der Waals surface area (Å²) in [5.74, 6) is 0.100. The van der Waals surface area contributed by atoms with Crippen molar-refractivity contribution in [3.63, 3.8) is 0 Å². The Kier molecular flexibility index (Phi) is 5.95. The molecule has 2 aromatic carbocycles. The Morgan fingerprint density at radius 2 is 1.76 bits per heavy atom. The predicted octanol–water partition coefficient (Wildman–Crippen LogP) is 2.26. The average molecular weight is 449 g/mol. The number of nitrogens with zero attached hydrogens (tertiary/aromatic N) is 5. The van der Waals surface area contributed by atoms with Crippen LogP contribution in [0.2, 0.25) is 0 Å². The first-order chi connectivity index (χ1) is 16.1. The largest absolute Gasteiger partial charge is 0.508 e. The highest BCUT2D eigenvalue weighted by Crippen LogP contribution is 2.26. The van der Waals surface area contributed by atoms with Crippen molar-refractivity contribution in [3.8, 4) is 5.75 Å². The van der Waals surface area contributed by atoms with Gasteiger partial charge in [-0.1, -0.05) is 17.3 Å². The second-order valence-electron chi connectivity index (χ2n) is 8.89. The van der Waals surface area contributed by atoms with Crippen molar-refractivity contribution >= 4 is 28.5 Å². The van der Waals surface area contributed by atoms with Crippen molar-refractivity contribution < 1.29 is 14.7 Å². The Morgan fingerprint density at radius 1 is 1.00 bits per heavy atom. The van der Waals surface area contributed by atoms with Crippen LogP contribution in [0.3, 0.4) is 0 Å². The van der Waals surface area contributed by atoms with Crippen LogP contribution in [0.4, 0.5) is 5.69 Å². The number of benzene rings is 2. The number of amides is 2. The van der Waals surface area contributed by atoms with Gasteiger partial charge < -0.3 is 15.3 Å². The van der Waals surface area contributed by atoms with E-state index in [1.54, 1.807) is 24.3 Å². The molecule has 3 heterocycles. The minimum absolute atomic E-state index is 0.0449. The number of carbonyl (C=O) groups excluding carboxylic acids is 2. The summed E-state index contributed by atoms with van der Waals surface area (Å²) in [5.41, 5.74) is 2.60. The van der Waals surface area contributed by atoms with Crippen LogP contribution in [0.15, 0.2) is 48.5 Å². The quantitative estimate of drug-likeness (QED) is 0.581. The third-order valence-electron chi connectivity index (χ3n) is 6.68.